The molecule has 1 saturated carbocycles. The number of aryl methyl sites for hydroxylation is 1. The Labute approximate surface area is 108 Å². The lowest BCUT2D eigenvalue weighted by Gasteiger charge is -2.23. The molecule has 98 valence electrons. The summed E-state index contributed by atoms with van der Waals surface area (Å²) >= 11 is 0. The minimum absolute atomic E-state index is 0.0267. The predicted molar refractivity (Wildman–Crippen MR) is 69.5 cm³/mol. The Balaban J connectivity index is 1.84. The summed E-state index contributed by atoms with van der Waals surface area (Å²) in [7, 11) is 0. The van der Waals surface area contributed by atoms with E-state index in [-0.39, 0.29) is 6.10 Å². The summed E-state index contributed by atoms with van der Waals surface area (Å²) in [6.45, 7) is 4.56. The average molecular weight is 247 g/mol. The molecule has 18 heavy (non-hydrogen) atoms. The first-order chi connectivity index (χ1) is 8.83. The lowest BCUT2D eigenvalue weighted by atomic mass is 10.0. The summed E-state index contributed by atoms with van der Waals surface area (Å²) < 4.78 is 5.75. The van der Waals surface area contributed by atoms with Crippen molar-refractivity contribution in [2.45, 2.75) is 44.6 Å². The van der Waals surface area contributed by atoms with Crippen LogP contribution in [0.4, 0.5) is 0 Å². The zero-order chi connectivity index (χ0) is 12.4. The second kappa shape index (κ2) is 5.33. The molecule has 1 saturated heterocycles. The summed E-state index contributed by atoms with van der Waals surface area (Å²) in [6.07, 6.45) is 5.26. The Hall–Kier alpha value is -1.00. The van der Waals surface area contributed by atoms with Gasteiger partial charge in [-0.15, -0.1) is 0 Å². The van der Waals surface area contributed by atoms with Crippen LogP contribution in [0.3, 0.4) is 0 Å². The van der Waals surface area contributed by atoms with Crippen LogP contribution in [0.15, 0.2) is 6.07 Å². The van der Waals surface area contributed by atoms with Crippen molar-refractivity contribution < 1.29 is 4.74 Å². The summed E-state index contributed by atoms with van der Waals surface area (Å²) in [5.41, 5.74) is 2.29. The van der Waals surface area contributed by atoms with Crippen LogP contribution in [-0.4, -0.2) is 29.7 Å². The second-order valence-corrected chi connectivity index (χ2v) is 5.34. The van der Waals surface area contributed by atoms with Gasteiger partial charge in [-0.2, -0.15) is 0 Å². The Kier molecular flexibility index (Phi) is 3.57. The van der Waals surface area contributed by atoms with Crippen LogP contribution >= 0.6 is 0 Å². The number of ether oxygens (including phenoxy) is 1. The largest absolute Gasteiger partial charge is 0.368 e. The number of hydrogen-bond acceptors (Lipinski definition) is 4. The zero-order valence-electron chi connectivity index (χ0n) is 11.0. The Morgan fingerprint density at radius 2 is 2.11 bits per heavy atom. The molecule has 2 fully saturated rings. The standard InChI is InChI=1S/C14H21N3O/c1-10-8-12(11-4-2-3-5-11)17-14(16-10)13-9-15-6-7-18-13/h8,11,13,15H,2-7,9H2,1H3. The molecule has 4 heteroatoms. The van der Waals surface area contributed by atoms with Gasteiger partial charge in [-0.1, -0.05) is 12.8 Å². The number of morpholine rings is 1. The first-order valence-electron chi connectivity index (χ1n) is 7.01. The predicted octanol–water partition coefficient (Wildman–Crippen LogP) is 2.10. The highest BCUT2D eigenvalue weighted by molar-refractivity contribution is 5.16. The molecule has 0 bridgehead atoms. The highest BCUT2D eigenvalue weighted by atomic mass is 16.5. The third kappa shape index (κ3) is 2.54. The Morgan fingerprint density at radius 3 is 2.83 bits per heavy atom. The molecular formula is C14H21N3O. The highest BCUT2D eigenvalue weighted by Gasteiger charge is 2.23. The maximum Gasteiger partial charge on any atom is 0.158 e. The van der Waals surface area contributed by atoms with Gasteiger partial charge < -0.3 is 10.1 Å². The van der Waals surface area contributed by atoms with Crippen molar-refractivity contribution in [2.24, 2.45) is 0 Å². The molecule has 1 aromatic heterocycles. The summed E-state index contributed by atoms with van der Waals surface area (Å²) in [5.74, 6) is 1.51. The van der Waals surface area contributed by atoms with Crippen molar-refractivity contribution in [1.82, 2.24) is 15.3 Å². The molecule has 1 unspecified atom stereocenters. The van der Waals surface area contributed by atoms with Crippen molar-refractivity contribution in [3.63, 3.8) is 0 Å². The van der Waals surface area contributed by atoms with Gasteiger partial charge in [0.2, 0.25) is 0 Å². The van der Waals surface area contributed by atoms with Crippen LogP contribution in [0.2, 0.25) is 0 Å². The van der Waals surface area contributed by atoms with Gasteiger partial charge >= 0.3 is 0 Å². The molecule has 1 aliphatic heterocycles. The quantitative estimate of drug-likeness (QED) is 0.869. The molecule has 0 radical (unpaired) electrons. The van der Waals surface area contributed by atoms with Crippen LogP contribution in [0.25, 0.3) is 0 Å². The summed E-state index contributed by atoms with van der Waals surface area (Å²) in [5, 5.41) is 3.34. The molecule has 2 heterocycles. The summed E-state index contributed by atoms with van der Waals surface area (Å²) in [4.78, 5) is 9.32. The van der Waals surface area contributed by atoms with Gasteiger partial charge in [0.1, 0.15) is 6.10 Å². The third-order valence-electron chi connectivity index (χ3n) is 3.88. The van der Waals surface area contributed by atoms with Crippen molar-refractivity contribution in [3.8, 4) is 0 Å². The van der Waals surface area contributed by atoms with E-state index in [4.69, 9.17) is 9.72 Å². The van der Waals surface area contributed by atoms with E-state index in [0.717, 1.165) is 31.2 Å². The maximum absolute atomic E-state index is 5.75. The SMILES string of the molecule is Cc1cc(C2CCCC2)nc(C2CNCCO2)n1. The number of rotatable bonds is 2. The molecule has 0 spiro atoms. The van der Waals surface area contributed by atoms with E-state index in [9.17, 15) is 0 Å². The fourth-order valence-corrected chi connectivity index (χ4v) is 2.92. The van der Waals surface area contributed by atoms with Crippen molar-refractivity contribution in [3.05, 3.63) is 23.3 Å². The number of nitrogens with zero attached hydrogens (tertiary/aromatic N) is 2. The van der Waals surface area contributed by atoms with Crippen LogP contribution in [0.1, 0.15) is 54.9 Å². The van der Waals surface area contributed by atoms with E-state index < -0.39 is 0 Å². The molecule has 0 amide bonds. The zero-order valence-corrected chi connectivity index (χ0v) is 11.0. The van der Waals surface area contributed by atoms with Gasteiger partial charge in [0.15, 0.2) is 5.82 Å². The van der Waals surface area contributed by atoms with E-state index in [0.29, 0.717) is 5.92 Å². The minimum Gasteiger partial charge on any atom is -0.368 e. The second-order valence-electron chi connectivity index (χ2n) is 5.34. The van der Waals surface area contributed by atoms with Gasteiger partial charge in [-0.05, 0) is 25.8 Å². The number of aromatic nitrogens is 2. The van der Waals surface area contributed by atoms with E-state index in [1.54, 1.807) is 0 Å². The first-order valence-corrected chi connectivity index (χ1v) is 7.01. The first kappa shape index (κ1) is 12.1. The van der Waals surface area contributed by atoms with Crippen molar-refractivity contribution in [1.29, 1.82) is 0 Å². The lowest BCUT2D eigenvalue weighted by Crippen LogP contribution is -2.34. The highest BCUT2D eigenvalue weighted by Crippen LogP contribution is 2.33. The minimum atomic E-state index is 0.0267. The molecule has 3 rings (SSSR count). The van der Waals surface area contributed by atoms with Gasteiger partial charge in [0.05, 0.1) is 6.61 Å². The molecule has 1 atom stereocenters. The molecular weight excluding hydrogens is 226 g/mol. The van der Waals surface area contributed by atoms with E-state index in [2.05, 4.69) is 23.3 Å². The van der Waals surface area contributed by atoms with Crippen LogP contribution < -0.4 is 5.32 Å². The molecule has 4 nitrogen and oxygen atoms in total. The van der Waals surface area contributed by atoms with E-state index in [1.807, 2.05) is 0 Å². The smallest absolute Gasteiger partial charge is 0.158 e. The fourth-order valence-electron chi connectivity index (χ4n) is 2.92. The molecule has 1 aromatic rings. The average Bonchev–Trinajstić information content (AvgIpc) is 2.93. The van der Waals surface area contributed by atoms with Crippen LogP contribution in [-0.2, 0) is 4.74 Å². The molecule has 2 aliphatic rings. The molecule has 1 N–H and O–H groups in total. The van der Waals surface area contributed by atoms with Crippen molar-refractivity contribution >= 4 is 0 Å². The van der Waals surface area contributed by atoms with Gasteiger partial charge in [0, 0.05) is 30.4 Å². The third-order valence-corrected chi connectivity index (χ3v) is 3.88. The molecule has 0 aromatic carbocycles. The van der Waals surface area contributed by atoms with Crippen molar-refractivity contribution in [2.75, 3.05) is 19.7 Å². The number of hydrogen-bond donors (Lipinski definition) is 1. The van der Waals surface area contributed by atoms with Gasteiger partial charge in [-0.3, -0.25) is 0 Å². The fraction of sp³-hybridized carbons (Fsp3) is 0.714. The lowest BCUT2D eigenvalue weighted by molar-refractivity contribution is 0.0218. The van der Waals surface area contributed by atoms with Gasteiger partial charge in [-0.25, -0.2) is 9.97 Å². The maximum atomic E-state index is 5.75. The summed E-state index contributed by atoms with van der Waals surface area (Å²) in [6, 6.07) is 2.15. The van der Waals surface area contributed by atoms with Gasteiger partial charge in [0.25, 0.3) is 0 Å². The normalized spacial score (nSPS) is 25.5. The Bertz CT molecular complexity index is 410. The monoisotopic (exact) mass is 247 g/mol. The Morgan fingerprint density at radius 1 is 1.28 bits per heavy atom. The van der Waals surface area contributed by atoms with E-state index >= 15 is 0 Å². The molecule has 1 aliphatic carbocycles. The van der Waals surface area contributed by atoms with E-state index in [1.165, 1.54) is 31.4 Å². The van der Waals surface area contributed by atoms with Crippen LogP contribution in [0, 0.1) is 6.92 Å². The number of nitrogens with one attached hydrogen (secondary N) is 1. The van der Waals surface area contributed by atoms with Crippen LogP contribution in [0.5, 0.6) is 0 Å². The topological polar surface area (TPSA) is 47.0 Å².